The lowest BCUT2D eigenvalue weighted by Crippen LogP contribution is -2.15. The highest BCUT2D eigenvalue weighted by Crippen LogP contribution is 2.22. The number of benzene rings is 2. The van der Waals surface area contributed by atoms with Gasteiger partial charge in [0.2, 0.25) is 5.91 Å². The van der Waals surface area contributed by atoms with Crippen molar-refractivity contribution in [1.82, 2.24) is 4.98 Å². The van der Waals surface area contributed by atoms with Gasteiger partial charge in [-0.25, -0.2) is 9.78 Å². The van der Waals surface area contributed by atoms with Crippen LogP contribution in [0.1, 0.15) is 32.8 Å². The van der Waals surface area contributed by atoms with E-state index in [4.69, 9.17) is 16.7 Å². The van der Waals surface area contributed by atoms with Crippen LogP contribution in [0.3, 0.4) is 0 Å². The number of hydrogen-bond donors (Lipinski definition) is 3. The first-order valence-electron chi connectivity index (χ1n) is 8.56. The molecule has 0 aliphatic rings. The number of thiazole rings is 1. The molecule has 0 spiro atoms. The Morgan fingerprint density at radius 2 is 1.83 bits per heavy atom. The molecule has 0 saturated carbocycles. The fraction of sp³-hybridized carbons (Fsp3) is 0.100. The number of carboxylic acid groups (broad SMARTS) is 1. The number of rotatable bonds is 7. The molecule has 0 unspecified atom stereocenters. The van der Waals surface area contributed by atoms with Crippen LogP contribution in [-0.4, -0.2) is 27.9 Å². The molecule has 0 radical (unpaired) electrons. The topological polar surface area (TPSA) is 108 Å². The number of anilines is 2. The van der Waals surface area contributed by atoms with E-state index in [-0.39, 0.29) is 27.9 Å². The third kappa shape index (κ3) is 5.63. The molecular weight excluding hydrogens is 414 g/mol. The summed E-state index contributed by atoms with van der Waals surface area (Å²) in [7, 11) is 0. The monoisotopic (exact) mass is 429 g/mol. The highest BCUT2D eigenvalue weighted by atomic mass is 35.5. The molecule has 9 heteroatoms. The maximum atomic E-state index is 12.3. The number of nitrogens with one attached hydrogen (secondary N) is 2. The lowest BCUT2D eigenvalue weighted by Gasteiger charge is -2.06. The third-order valence-electron chi connectivity index (χ3n) is 3.92. The number of hydrogen-bond acceptors (Lipinski definition) is 5. The third-order valence-corrected chi connectivity index (χ3v) is 5.01. The first-order chi connectivity index (χ1) is 13.9. The molecule has 29 heavy (non-hydrogen) atoms. The van der Waals surface area contributed by atoms with Crippen LogP contribution in [-0.2, 0) is 11.2 Å². The van der Waals surface area contributed by atoms with Crippen molar-refractivity contribution in [1.29, 1.82) is 0 Å². The van der Waals surface area contributed by atoms with Crippen LogP contribution < -0.4 is 10.6 Å². The predicted octanol–water partition coefficient (Wildman–Crippen LogP) is 4.32. The summed E-state index contributed by atoms with van der Waals surface area (Å²) < 4.78 is 0. The molecule has 7 nitrogen and oxygen atoms in total. The number of aromatic carboxylic acids is 1. The second-order valence-electron chi connectivity index (χ2n) is 6.03. The zero-order chi connectivity index (χ0) is 20.8. The molecule has 3 aromatic rings. The lowest BCUT2D eigenvalue weighted by atomic mass is 10.1. The maximum Gasteiger partial charge on any atom is 0.337 e. The van der Waals surface area contributed by atoms with Crippen LogP contribution in [0.25, 0.3) is 0 Å². The quantitative estimate of drug-likeness (QED) is 0.518. The van der Waals surface area contributed by atoms with E-state index in [1.54, 1.807) is 0 Å². The molecule has 2 aromatic carbocycles. The minimum atomic E-state index is -1.19. The molecule has 148 valence electrons. The number of carbonyl (C=O) groups excluding carboxylic acids is 2. The van der Waals surface area contributed by atoms with E-state index >= 15 is 0 Å². The van der Waals surface area contributed by atoms with Gasteiger partial charge in [-0.15, -0.1) is 11.3 Å². The number of aromatic nitrogens is 1. The van der Waals surface area contributed by atoms with Crippen LogP contribution in [0.2, 0.25) is 5.02 Å². The van der Waals surface area contributed by atoms with Gasteiger partial charge in [0.25, 0.3) is 5.91 Å². The summed E-state index contributed by atoms with van der Waals surface area (Å²) in [6.45, 7) is 0. The van der Waals surface area contributed by atoms with Gasteiger partial charge in [-0.1, -0.05) is 41.9 Å². The number of aryl methyl sites for hydroxylation is 1. The van der Waals surface area contributed by atoms with Gasteiger partial charge in [-0.3, -0.25) is 9.59 Å². The van der Waals surface area contributed by atoms with Crippen molar-refractivity contribution < 1.29 is 19.5 Å². The van der Waals surface area contributed by atoms with Gasteiger partial charge in [0.05, 0.1) is 10.6 Å². The Labute approximate surface area is 175 Å². The van der Waals surface area contributed by atoms with Crippen molar-refractivity contribution in [2.75, 3.05) is 10.6 Å². The molecule has 0 fully saturated rings. The van der Waals surface area contributed by atoms with Crippen LogP contribution in [0.15, 0.2) is 53.9 Å². The summed E-state index contributed by atoms with van der Waals surface area (Å²) in [6.07, 6.45) is 0.904. The van der Waals surface area contributed by atoms with Gasteiger partial charge in [-0.05, 0) is 30.2 Å². The number of nitrogens with zero attached hydrogens (tertiary/aromatic N) is 1. The van der Waals surface area contributed by atoms with Crippen LogP contribution in [0.4, 0.5) is 10.8 Å². The van der Waals surface area contributed by atoms with Crippen LogP contribution in [0, 0.1) is 0 Å². The smallest absolute Gasteiger partial charge is 0.337 e. The molecule has 0 atom stereocenters. The Bertz CT molecular complexity index is 1050. The first-order valence-corrected chi connectivity index (χ1v) is 9.81. The molecule has 3 rings (SSSR count). The van der Waals surface area contributed by atoms with E-state index in [0.717, 1.165) is 16.9 Å². The summed E-state index contributed by atoms with van der Waals surface area (Å²) in [5.41, 5.74) is 1.33. The Kier molecular flexibility index (Phi) is 6.58. The summed E-state index contributed by atoms with van der Waals surface area (Å²) in [5.74, 6) is -1.91. The SMILES string of the molecule is O=C(CCc1ccccc1)Nc1nc(C(=O)Nc2ccc(Cl)c(C(=O)O)c2)cs1. The van der Waals surface area contributed by atoms with Crippen LogP contribution >= 0.6 is 22.9 Å². The molecule has 0 aliphatic carbocycles. The van der Waals surface area contributed by atoms with Gasteiger partial charge >= 0.3 is 5.97 Å². The van der Waals surface area contributed by atoms with Gasteiger partial charge in [0, 0.05) is 17.5 Å². The summed E-state index contributed by atoms with van der Waals surface area (Å²) in [5, 5.41) is 16.2. The Morgan fingerprint density at radius 1 is 1.07 bits per heavy atom. The molecule has 2 amide bonds. The molecule has 1 heterocycles. The minimum Gasteiger partial charge on any atom is -0.478 e. The Hall–Kier alpha value is -3.23. The number of halogens is 1. The molecular formula is C20H16ClN3O4S. The average Bonchev–Trinajstić information content (AvgIpc) is 3.17. The molecule has 0 saturated heterocycles. The average molecular weight is 430 g/mol. The van der Waals surface area contributed by atoms with E-state index in [1.165, 1.54) is 23.6 Å². The zero-order valence-electron chi connectivity index (χ0n) is 15.0. The predicted molar refractivity (Wildman–Crippen MR) is 112 cm³/mol. The van der Waals surface area contributed by atoms with E-state index in [9.17, 15) is 14.4 Å². The van der Waals surface area contributed by atoms with Gasteiger partial charge < -0.3 is 15.7 Å². The normalized spacial score (nSPS) is 10.4. The van der Waals surface area contributed by atoms with Crippen molar-refractivity contribution in [3.63, 3.8) is 0 Å². The standard InChI is InChI=1S/C20H16ClN3O4S/c21-15-8-7-13(10-14(15)19(27)28)22-18(26)16-11-29-20(23-16)24-17(25)9-6-12-4-2-1-3-5-12/h1-5,7-8,10-11H,6,9H2,(H,22,26)(H,27,28)(H,23,24,25). The fourth-order valence-corrected chi connectivity index (χ4v) is 3.39. The van der Waals surface area contributed by atoms with Crippen molar-refractivity contribution >= 4 is 51.5 Å². The van der Waals surface area contributed by atoms with E-state index in [0.29, 0.717) is 18.0 Å². The number of carbonyl (C=O) groups is 3. The number of amides is 2. The van der Waals surface area contributed by atoms with E-state index in [2.05, 4.69) is 15.6 Å². The Balaban J connectivity index is 1.58. The molecule has 3 N–H and O–H groups in total. The summed E-state index contributed by atoms with van der Waals surface area (Å²) in [4.78, 5) is 39.6. The van der Waals surface area contributed by atoms with Crippen molar-refractivity contribution in [3.05, 3.63) is 75.8 Å². The maximum absolute atomic E-state index is 12.3. The van der Waals surface area contributed by atoms with Gasteiger partial charge in [0.15, 0.2) is 5.13 Å². The van der Waals surface area contributed by atoms with E-state index < -0.39 is 11.9 Å². The van der Waals surface area contributed by atoms with Crippen molar-refractivity contribution in [2.45, 2.75) is 12.8 Å². The molecule has 0 aliphatic heterocycles. The fourth-order valence-electron chi connectivity index (χ4n) is 2.48. The molecule has 0 bridgehead atoms. The van der Waals surface area contributed by atoms with Crippen molar-refractivity contribution in [2.24, 2.45) is 0 Å². The zero-order valence-corrected chi connectivity index (χ0v) is 16.6. The van der Waals surface area contributed by atoms with Gasteiger partial charge in [0.1, 0.15) is 5.69 Å². The second-order valence-corrected chi connectivity index (χ2v) is 7.29. The Morgan fingerprint density at radius 3 is 2.55 bits per heavy atom. The van der Waals surface area contributed by atoms with Crippen LogP contribution in [0.5, 0.6) is 0 Å². The summed E-state index contributed by atoms with van der Waals surface area (Å²) >= 11 is 6.95. The summed E-state index contributed by atoms with van der Waals surface area (Å²) in [6, 6.07) is 13.8. The minimum absolute atomic E-state index is 0.0738. The first kappa shape index (κ1) is 20.5. The highest BCUT2D eigenvalue weighted by molar-refractivity contribution is 7.14. The largest absolute Gasteiger partial charge is 0.478 e. The van der Waals surface area contributed by atoms with Crippen molar-refractivity contribution in [3.8, 4) is 0 Å². The molecule has 1 aromatic heterocycles. The number of carboxylic acids is 1. The van der Waals surface area contributed by atoms with E-state index in [1.807, 2.05) is 30.3 Å². The van der Waals surface area contributed by atoms with Gasteiger partial charge in [-0.2, -0.15) is 0 Å². The highest BCUT2D eigenvalue weighted by Gasteiger charge is 2.15. The second kappa shape index (κ2) is 9.31. The lowest BCUT2D eigenvalue weighted by molar-refractivity contribution is -0.116.